The molecule has 0 radical (unpaired) electrons. The van der Waals surface area contributed by atoms with E-state index in [1.807, 2.05) is 18.2 Å². The summed E-state index contributed by atoms with van der Waals surface area (Å²) in [5.74, 6) is 0.435. The molecule has 1 amide bonds. The van der Waals surface area contributed by atoms with Gasteiger partial charge < -0.3 is 14.7 Å². The summed E-state index contributed by atoms with van der Waals surface area (Å²) in [5, 5.41) is 0.763. The Labute approximate surface area is 178 Å². The highest BCUT2D eigenvalue weighted by Gasteiger charge is 2.41. The highest BCUT2D eigenvalue weighted by atomic mass is 35.5. The van der Waals surface area contributed by atoms with Crippen molar-refractivity contribution in [3.8, 4) is 0 Å². The Balaban J connectivity index is 1.31. The third-order valence-corrected chi connectivity index (χ3v) is 7.07. The number of rotatable bonds is 2. The number of halogens is 1. The Morgan fingerprint density at radius 3 is 2.59 bits per heavy atom. The largest absolute Gasteiger partial charge is 0.368 e. The van der Waals surface area contributed by atoms with Gasteiger partial charge in [0, 0.05) is 55.2 Å². The number of fused-ring (bicyclic) bond motifs is 3. The molecule has 0 N–H and O–H groups in total. The lowest BCUT2D eigenvalue weighted by molar-refractivity contribution is -0.137. The van der Waals surface area contributed by atoms with Crippen molar-refractivity contribution < 1.29 is 4.79 Å². The van der Waals surface area contributed by atoms with Crippen molar-refractivity contribution in [3.05, 3.63) is 59.1 Å². The Morgan fingerprint density at radius 2 is 1.76 bits per heavy atom. The maximum Gasteiger partial charge on any atom is 0.228 e. The summed E-state index contributed by atoms with van der Waals surface area (Å²) in [6.07, 6.45) is 4.47. The molecule has 152 valence electrons. The third kappa shape index (κ3) is 3.59. The molecule has 2 fully saturated rings. The van der Waals surface area contributed by atoms with Crippen molar-refractivity contribution in [2.45, 2.75) is 31.7 Å². The molecular formula is C24H28ClN3O. The standard InChI is InChI=1S/C24H28ClN3O/c25-19-7-5-8-20(17-19)26-12-14-27(15-13-26)24(29)21-16-18-6-1-2-9-22(18)28-11-4-3-10-23(21)28/h1-2,5-9,17,21,23H,3-4,10-16H2. The van der Waals surface area contributed by atoms with Gasteiger partial charge in [0.15, 0.2) is 0 Å². The highest BCUT2D eigenvalue weighted by molar-refractivity contribution is 6.30. The predicted molar refractivity (Wildman–Crippen MR) is 119 cm³/mol. The summed E-state index contributed by atoms with van der Waals surface area (Å²) >= 11 is 6.16. The summed E-state index contributed by atoms with van der Waals surface area (Å²) in [4.78, 5) is 20.5. The average molecular weight is 410 g/mol. The van der Waals surface area contributed by atoms with Gasteiger partial charge in [0.05, 0.1) is 5.92 Å². The fourth-order valence-electron chi connectivity index (χ4n) is 5.36. The van der Waals surface area contributed by atoms with E-state index in [4.69, 9.17) is 11.6 Å². The Kier molecular flexibility index (Phi) is 5.13. The number of anilines is 2. The number of piperazine rings is 1. The molecular weight excluding hydrogens is 382 g/mol. The van der Waals surface area contributed by atoms with E-state index in [-0.39, 0.29) is 5.92 Å². The first kappa shape index (κ1) is 18.8. The van der Waals surface area contributed by atoms with Crippen molar-refractivity contribution in [1.82, 2.24) is 4.90 Å². The minimum absolute atomic E-state index is 0.0860. The van der Waals surface area contributed by atoms with Gasteiger partial charge in [-0.1, -0.05) is 35.9 Å². The summed E-state index contributed by atoms with van der Waals surface area (Å²) < 4.78 is 0. The Hall–Kier alpha value is -2.20. The molecule has 5 heteroatoms. The molecule has 2 aromatic rings. The van der Waals surface area contributed by atoms with Gasteiger partial charge in [-0.05, 0) is 55.5 Å². The molecule has 29 heavy (non-hydrogen) atoms. The molecule has 2 aromatic carbocycles. The quantitative estimate of drug-likeness (QED) is 0.743. The number of piperidine rings is 1. The van der Waals surface area contributed by atoms with E-state index < -0.39 is 0 Å². The summed E-state index contributed by atoms with van der Waals surface area (Å²) in [6, 6.07) is 17.0. The maximum absolute atomic E-state index is 13.6. The second kappa shape index (κ2) is 7.91. The van der Waals surface area contributed by atoms with Crippen LogP contribution in [0.4, 0.5) is 11.4 Å². The normalized spacial score (nSPS) is 24.1. The van der Waals surface area contributed by atoms with Crippen molar-refractivity contribution in [2.24, 2.45) is 5.92 Å². The molecule has 0 spiro atoms. The molecule has 3 heterocycles. The van der Waals surface area contributed by atoms with Crippen molar-refractivity contribution in [1.29, 1.82) is 0 Å². The molecule has 0 aliphatic carbocycles. The van der Waals surface area contributed by atoms with Crippen LogP contribution < -0.4 is 9.80 Å². The SMILES string of the molecule is O=C(C1Cc2ccccc2N2CCCCC12)N1CCN(c2cccc(Cl)c2)CC1. The van der Waals surface area contributed by atoms with Gasteiger partial charge in [-0.3, -0.25) is 4.79 Å². The van der Waals surface area contributed by atoms with E-state index in [1.54, 1.807) is 0 Å². The van der Waals surface area contributed by atoms with Crippen LogP contribution in [0.2, 0.25) is 5.02 Å². The lowest BCUT2D eigenvalue weighted by atomic mass is 9.80. The monoisotopic (exact) mass is 409 g/mol. The molecule has 2 saturated heterocycles. The topological polar surface area (TPSA) is 26.8 Å². The van der Waals surface area contributed by atoms with E-state index in [1.165, 1.54) is 24.1 Å². The van der Waals surface area contributed by atoms with Gasteiger partial charge in [-0.2, -0.15) is 0 Å². The van der Waals surface area contributed by atoms with Gasteiger partial charge in [0.1, 0.15) is 0 Å². The molecule has 2 atom stereocenters. The number of carbonyl (C=O) groups is 1. The first-order chi connectivity index (χ1) is 14.2. The summed E-state index contributed by atoms with van der Waals surface area (Å²) in [6.45, 7) is 4.38. The van der Waals surface area contributed by atoms with E-state index in [0.717, 1.165) is 56.3 Å². The predicted octanol–water partition coefficient (Wildman–Crippen LogP) is 4.22. The first-order valence-electron chi connectivity index (χ1n) is 10.8. The molecule has 3 aliphatic heterocycles. The fourth-order valence-corrected chi connectivity index (χ4v) is 5.54. The number of carbonyl (C=O) groups excluding carboxylic acids is 1. The summed E-state index contributed by atoms with van der Waals surface area (Å²) in [5.41, 5.74) is 3.84. The zero-order valence-electron chi connectivity index (χ0n) is 16.8. The number of hydrogen-bond acceptors (Lipinski definition) is 3. The van der Waals surface area contributed by atoms with Crippen LogP contribution in [-0.4, -0.2) is 49.6 Å². The number of nitrogens with zero attached hydrogens (tertiary/aromatic N) is 3. The zero-order valence-corrected chi connectivity index (χ0v) is 17.5. The second-order valence-electron chi connectivity index (χ2n) is 8.49. The van der Waals surface area contributed by atoms with Crippen LogP contribution in [0.1, 0.15) is 24.8 Å². The van der Waals surface area contributed by atoms with Crippen LogP contribution in [-0.2, 0) is 11.2 Å². The van der Waals surface area contributed by atoms with Crippen molar-refractivity contribution >= 4 is 28.9 Å². The van der Waals surface area contributed by atoms with Crippen LogP contribution in [0.5, 0.6) is 0 Å². The molecule has 3 aliphatic rings. The minimum atomic E-state index is 0.0860. The smallest absolute Gasteiger partial charge is 0.228 e. The molecule has 0 aromatic heterocycles. The molecule has 0 saturated carbocycles. The van der Waals surface area contributed by atoms with Gasteiger partial charge in [-0.15, -0.1) is 0 Å². The van der Waals surface area contributed by atoms with Crippen LogP contribution >= 0.6 is 11.6 Å². The van der Waals surface area contributed by atoms with E-state index >= 15 is 0 Å². The van der Waals surface area contributed by atoms with Gasteiger partial charge in [0.25, 0.3) is 0 Å². The van der Waals surface area contributed by atoms with E-state index in [9.17, 15) is 4.79 Å². The Morgan fingerprint density at radius 1 is 0.931 bits per heavy atom. The van der Waals surface area contributed by atoms with Crippen LogP contribution in [0.15, 0.2) is 48.5 Å². The fraction of sp³-hybridized carbons (Fsp3) is 0.458. The second-order valence-corrected chi connectivity index (χ2v) is 8.92. The molecule has 5 rings (SSSR count). The number of hydrogen-bond donors (Lipinski definition) is 0. The first-order valence-corrected chi connectivity index (χ1v) is 11.2. The molecule has 4 nitrogen and oxygen atoms in total. The summed E-state index contributed by atoms with van der Waals surface area (Å²) in [7, 11) is 0. The van der Waals surface area contributed by atoms with Crippen molar-refractivity contribution in [3.63, 3.8) is 0 Å². The van der Waals surface area contributed by atoms with E-state index in [0.29, 0.717) is 11.9 Å². The van der Waals surface area contributed by atoms with Crippen LogP contribution in [0.25, 0.3) is 0 Å². The third-order valence-electron chi connectivity index (χ3n) is 6.84. The minimum Gasteiger partial charge on any atom is -0.368 e. The molecule has 2 unspecified atom stereocenters. The highest BCUT2D eigenvalue weighted by Crippen LogP contribution is 2.39. The number of para-hydroxylation sites is 1. The van der Waals surface area contributed by atoms with Gasteiger partial charge in [0.2, 0.25) is 5.91 Å². The van der Waals surface area contributed by atoms with Crippen LogP contribution in [0, 0.1) is 5.92 Å². The zero-order chi connectivity index (χ0) is 19.8. The lowest BCUT2D eigenvalue weighted by Crippen LogP contribution is -2.57. The van der Waals surface area contributed by atoms with E-state index in [2.05, 4.69) is 45.0 Å². The Bertz CT molecular complexity index is 893. The van der Waals surface area contributed by atoms with Gasteiger partial charge in [-0.25, -0.2) is 0 Å². The maximum atomic E-state index is 13.6. The molecule has 0 bridgehead atoms. The van der Waals surface area contributed by atoms with Gasteiger partial charge >= 0.3 is 0 Å². The van der Waals surface area contributed by atoms with Crippen LogP contribution in [0.3, 0.4) is 0 Å². The number of amides is 1. The lowest BCUT2D eigenvalue weighted by Gasteiger charge is -2.47. The number of benzene rings is 2. The van der Waals surface area contributed by atoms with Crippen molar-refractivity contribution in [2.75, 3.05) is 42.5 Å². The average Bonchev–Trinajstić information content (AvgIpc) is 2.78.